The van der Waals surface area contributed by atoms with Crippen molar-refractivity contribution in [3.8, 4) is 0 Å². The molecule has 0 unspecified atom stereocenters. The van der Waals surface area contributed by atoms with Crippen LogP contribution in [0.5, 0.6) is 0 Å². The number of hydrogen-bond donors (Lipinski definition) is 2. The van der Waals surface area contributed by atoms with Crippen LogP contribution in [0.25, 0.3) is 0 Å². The summed E-state index contributed by atoms with van der Waals surface area (Å²) in [5.41, 5.74) is 9.50. The van der Waals surface area contributed by atoms with Crippen LogP contribution in [0.3, 0.4) is 0 Å². The highest BCUT2D eigenvalue weighted by atomic mass is 15.1. The van der Waals surface area contributed by atoms with Crippen LogP contribution in [0, 0.1) is 6.92 Å². The molecular weight excluding hydrogens is 248 g/mol. The molecule has 0 saturated heterocycles. The number of benzene rings is 1. The summed E-state index contributed by atoms with van der Waals surface area (Å²) in [7, 11) is 0. The van der Waals surface area contributed by atoms with E-state index in [1.807, 2.05) is 13.8 Å². The van der Waals surface area contributed by atoms with Crippen LogP contribution in [-0.2, 0) is 19.4 Å². The Balaban J connectivity index is 2.20. The van der Waals surface area contributed by atoms with Gasteiger partial charge in [0.05, 0.1) is 0 Å². The average Bonchev–Trinajstić information content (AvgIpc) is 2.48. The topological polar surface area (TPSA) is 63.8 Å². The maximum Gasteiger partial charge on any atom is 0.135 e. The molecule has 0 aliphatic heterocycles. The molecule has 20 heavy (non-hydrogen) atoms. The highest BCUT2D eigenvalue weighted by Crippen LogP contribution is 2.19. The highest BCUT2D eigenvalue weighted by Gasteiger charge is 2.08. The Morgan fingerprint density at radius 3 is 2.40 bits per heavy atom. The van der Waals surface area contributed by atoms with E-state index in [4.69, 9.17) is 5.73 Å². The van der Waals surface area contributed by atoms with Gasteiger partial charge in [-0.05, 0) is 24.5 Å². The van der Waals surface area contributed by atoms with Gasteiger partial charge in [-0.25, -0.2) is 9.97 Å². The van der Waals surface area contributed by atoms with Crippen LogP contribution in [0.15, 0.2) is 24.3 Å². The lowest BCUT2D eigenvalue weighted by molar-refractivity contribution is 0.925. The van der Waals surface area contributed by atoms with E-state index in [-0.39, 0.29) is 0 Å². The Bertz CT molecular complexity index is 593. The molecule has 0 saturated carbocycles. The van der Waals surface area contributed by atoms with Gasteiger partial charge in [-0.15, -0.1) is 0 Å². The molecule has 0 radical (unpaired) electrons. The van der Waals surface area contributed by atoms with Gasteiger partial charge in [0.2, 0.25) is 0 Å². The lowest BCUT2D eigenvalue weighted by Crippen LogP contribution is -2.10. The van der Waals surface area contributed by atoms with Crippen molar-refractivity contribution in [1.29, 1.82) is 0 Å². The normalized spacial score (nSPS) is 10.6. The third-order valence-corrected chi connectivity index (χ3v) is 3.49. The maximum atomic E-state index is 5.93. The van der Waals surface area contributed by atoms with E-state index in [9.17, 15) is 0 Å². The van der Waals surface area contributed by atoms with Crippen molar-refractivity contribution in [2.75, 3.05) is 11.1 Å². The molecule has 0 atom stereocenters. The van der Waals surface area contributed by atoms with E-state index in [2.05, 4.69) is 46.5 Å². The van der Waals surface area contributed by atoms with Crippen LogP contribution in [0.2, 0.25) is 0 Å². The fourth-order valence-corrected chi connectivity index (χ4v) is 2.17. The average molecular weight is 270 g/mol. The first kappa shape index (κ1) is 14.3. The molecule has 4 nitrogen and oxygen atoms in total. The predicted molar refractivity (Wildman–Crippen MR) is 83.7 cm³/mol. The summed E-state index contributed by atoms with van der Waals surface area (Å²) in [6, 6.07) is 8.45. The third-order valence-electron chi connectivity index (χ3n) is 3.49. The van der Waals surface area contributed by atoms with E-state index in [1.54, 1.807) is 0 Å². The molecular formula is C16H22N4. The van der Waals surface area contributed by atoms with Gasteiger partial charge in [-0.2, -0.15) is 0 Å². The smallest absolute Gasteiger partial charge is 0.135 e. The van der Waals surface area contributed by atoms with Crippen LogP contribution in [-0.4, -0.2) is 9.97 Å². The van der Waals surface area contributed by atoms with Gasteiger partial charge in [0.15, 0.2) is 0 Å². The van der Waals surface area contributed by atoms with Crippen molar-refractivity contribution >= 4 is 11.6 Å². The van der Waals surface area contributed by atoms with Crippen molar-refractivity contribution in [3.05, 3.63) is 46.8 Å². The molecule has 4 heteroatoms. The zero-order chi connectivity index (χ0) is 14.5. The third kappa shape index (κ3) is 3.07. The molecule has 1 aromatic carbocycles. The van der Waals surface area contributed by atoms with Crippen LogP contribution in [0.1, 0.15) is 36.4 Å². The Morgan fingerprint density at radius 2 is 1.75 bits per heavy atom. The van der Waals surface area contributed by atoms with Crippen molar-refractivity contribution in [2.24, 2.45) is 0 Å². The summed E-state index contributed by atoms with van der Waals surface area (Å²) in [6.45, 7) is 6.90. The van der Waals surface area contributed by atoms with Crippen molar-refractivity contribution in [1.82, 2.24) is 9.97 Å². The zero-order valence-electron chi connectivity index (χ0n) is 12.4. The highest BCUT2D eigenvalue weighted by molar-refractivity contribution is 5.55. The van der Waals surface area contributed by atoms with Gasteiger partial charge in [-0.3, -0.25) is 0 Å². The molecule has 0 spiro atoms. The van der Waals surface area contributed by atoms with Gasteiger partial charge >= 0.3 is 0 Å². The quantitative estimate of drug-likeness (QED) is 0.876. The van der Waals surface area contributed by atoms with E-state index in [0.717, 1.165) is 36.6 Å². The minimum atomic E-state index is 0.558. The van der Waals surface area contributed by atoms with E-state index < -0.39 is 0 Å². The molecule has 0 bridgehead atoms. The second kappa shape index (κ2) is 6.37. The lowest BCUT2D eigenvalue weighted by atomic mass is 10.1. The number of aryl methyl sites for hydroxylation is 2. The van der Waals surface area contributed by atoms with Crippen molar-refractivity contribution in [2.45, 2.75) is 40.2 Å². The molecule has 2 rings (SSSR count). The van der Waals surface area contributed by atoms with E-state index in [0.29, 0.717) is 5.82 Å². The summed E-state index contributed by atoms with van der Waals surface area (Å²) >= 11 is 0. The monoisotopic (exact) mass is 270 g/mol. The van der Waals surface area contributed by atoms with Gasteiger partial charge in [0, 0.05) is 18.5 Å². The minimum Gasteiger partial charge on any atom is -0.383 e. The van der Waals surface area contributed by atoms with Crippen LogP contribution in [0.4, 0.5) is 11.6 Å². The maximum absolute atomic E-state index is 5.93. The van der Waals surface area contributed by atoms with Gasteiger partial charge in [0.25, 0.3) is 0 Å². The first-order valence-electron chi connectivity index (χ1n) is 7.09. The summed E-state index contributed by atoms with van der Waals surface area (Å²) in [6.07, 6.45) is 1.81. The Hall–Kier alpha value is -2.10. The number of nitrogens with zero attached hydrogens (tertiary/aromatic N) is 2. The molecule has 0 aliphatic rings. The summed E-state index contributed by atoms with van der Waals surface area (Å²) in [5.74, 6) is 2.17. The predicted octanol–water partition coefficient (Wildman–Crippen LogP) is 3.10. The Kier molecular flexibility index (Phi) is 4.56. The number of nitrogens with one attached hydrogen (secondary N) is 1. The Labute approximate surface area is 120 Å². The minimum absolute atomic E-state index is 0.558. The second-order valence-electron chi connectivity index (χ2n) is 4.83. The van der Waals surface area contributed by atoms with Gasteiger partial charge in [0.1, 0.15) is 17.5 Å². The SMILES string of the molecule is CCc1nc(N)c(C)c(NCc2ccccc2CC)n1. The first-order valence-corrected chi connectivity index (χ1v) is 7.09. The molecule has 2 aromatic rings. The van der Waals surface area contributed by atoms with Crippen molar-refractivity contribution < 1.29 is 0 Å². The second-order valence-corrected chi connectivity index (χ2v) is 4.83. The number of nitrogen functional groups attached to an aromatic ring is 1. The van der Waals surface area contributed by atoms with Crippen molar-refractivity contribution in [3.63, 3.8) is 0 Å². The Morgan fingerprint density at radius 1 is 1.05 bits per heavy atom. The number of nitrogens with two attached hydrogens (primary N) is 1. The standard InChI is InChI=1S/C16H22N4/c1-4-12-8-6-7-9-13(12)10-18-16-11(3)15(17)19-14(5-2)20-16/h6-9H,4-5,10H2,1-3H3,(H3,17,18,19,20). The van der Waals surface area contributed by atoms with E-state index >= 15 is 0 Å². The lowest BCUT2D eigenvalue weighted by Gasteiger charge is -2.13. The summed E-state index contributed by atoms with van der Waals surface area (Å²) in [4.78, 5) is 8.79. The number of aromatic nitrogens is 2. The molecule has 0 fully saturated rings. The number of anilines is 2. The van der Waals surface area contributed by atoms with Gasteiger partial charge < -0.3 is 11.1 Å². The first-order chi connectivity index (χ1) is 9.65. The van der Waals surface area contributed by atoms with Crippen LogP contribution >= 0.6 is 0 Å². The molecule has 0 aliphatic carbocycles. The number of rotatable bonds is 5. The molecule has 1 heterocycles. The molecule has 3 N–H and O–H groups in total. The fraction of sp³-hybridized carbons (Fsp3) is 0.375. The zero-order valence-corrected chi connectivity index (χ0v) is 12.4. The van der Waals surface area contributed by atoms with Crippen LogP contribution < -0.4 is 11.1 Å². The largest absolute Gasteiger partial charge is 0.383 e. The summed E-state index contributed by atoms with van der Waals surface area (Å²) in [5, 5.41) is 3.39. The van der Waals surface area contributed by atoms with E-state index in [1.165, 1.54) is 11.1 Å². The fourth-order valence-electron chi connectivity index (χ4n) is 2.17. The van der Waals surface area contributed by atoms with Gasteiger partial charge in [-0.1, -0.05) is 38.1 Å². The summed E-state index contributed by atoms with van der Waals surface area (Å²) < 4.78 is 0. The molecule has 1 aromatic heterocycles. The number of hydrogen-bond acceptors (Lipinski definition) is 4. The molecule has 0 amide bonds. The molecule has 106 valence electrons.